The van der Waals surface area contributed by atoms with Crippen LogP contribution in [-0.2, 0) is 19.6 Å². The van der Waals surface area contributed by atoms with Crippen molar-refractivity contribution in [2.75, 3.05) is 0 Å². The molecule has 0 amide bonds. The lowest BCUT2D eigenvalue weighted by Crippen LogP contribution is -2.15. The number of carboxylic acids is 1. The summed E-state index contributed by atoms with van der Waals surface area (Å²) in [6.07, 6.45) is 2.85. The summed E-state index contributed by atoms with van der Waals surface area (Å²) >= 11 is 0. The zero-order chi connectivity index (χ0) is 14.8. The van der Waals surface area contributed by atoms with Gasteiger partial charge < -0.3 is 14.4 Å². The van der Waals surface area contributed by atoms with Gasteiger partial charge in [0.2, 0.25) is 0 Å². The summed E-state index contributed by atoms with van der Waals surface area (Å²) in [5, 5.41) is 9.25. The summed E-state index contributed by atoms with van der Waals surface area (Å²) in [6, 6.07) is 7.79. The molecule has 2 heterocycles. The van der Waals surface area contributed by atoms with Crippen molar-refractivity contribution >= 4 is 5.97 Å². The molecule has 1 aromatic heterocycles. The summed E-state index contributed by atoms with van der Waals surface area (Å²) in [7, 11) is 0. The molecule has 0 radical (unpaired) electrons. The van der Waals surface area contributed by atoms with Crippen molar-refractivity contribution < 1.29 is 14.6 Å². The molecule has 0 unspecified atom stereocenters. The van der Waals surface area contributed by atoms with E-state index in [1.807, 2.05) is 35.8 Å². The first kappa shape index (κ1) is 13.7. The highest BCUT2D eigenvalue weighted by Gasteiger charge is 2.23. The van der Waals surface area contributed by atoms with Gasteiger partial charge in [-0.3, -0.25) is 0 Å². The van der Waals surface area contributed by atoms with Gasteiger partial charge in [-0.2, -0.15) is 0 Å². The van der Waals surface area contributed by atoms with Crippen LogP contribution in [0.5, 0.6) is 5.75 Å². The molecule has 0 spiro atoms. The number of imidazole rings is 1. The van der Waals surface area contributed by atoms with Crippen LogP contribution in [0.4, 0.5) is 0 Å². The molecule has 2 aromatic rings. The number of hydrogen-bond donors (Lipinski definition) is 1. The molecule has 1 aliphatic rings. The third kappa shape index (κ3) is 2.77. The number of ether oxygens (including phenoxy) is 1. The Balaban J connectivity index is 1.82. The first-order valence-corrected chi connectivity index (χ1v) is 7.16. The Hall–Kier alpha value is -2.30. The summed E-state index contributed by atoms with van der Waals surface area (Å²) in [5.74, 6) is 0.510. The van der Waals surface area contributed by atoms with Gasteiger partial charge in [0.15, 0.2) is 5.69 Å². The number of aromatic nitrogens is 2. The summed E-state index contributed by atoms with van der Waals surface area (Å²) in [5.41, 5.74) is 2.18. The van der Waals surface area contributed by atoms with Gasteiger partial charge in [0.05, 0.1) is 5.69 Å². The van der Waals surface area contributed by atoms with E-state index in [0.29, 0.717) is 12.4 Å². The molecule has 0 fully saturated rings. The van der Waals surface area contributed by atoms with Crippen LogP contribution in [-0.4, -0.2) is 20.6 Å². The van der Waals surface area contributed by atoms with Crippen molar-refractivity contribution in [2.45, 2.75) is 39.3 Å². The fourth-order valence-electron chi connectivity index (χ4n) is 2.68. The minimum atomic E-state index is -0.956. The lowest BCUT2D eigenvalue weighted by Gasteiger charge is -2.17. The quantitative estimate of drug-likeness (QED) is 0.938. The van der Waals surface area contributed by atoms with Crippen LogP contribution >= 0.6 is 0 Å². The number of carboxylic acid groups (broad SMARTS) is 1. The topological polar surface area (TPSA) is 64.3 Å². The largest absolute Gasteiger partial charge is 0.486 e. The first-order chi connectivity index (χ1) is 10.1. The molecule has 3 rings (SSSR count). The van der Waals surface area contributed by atoms with E-state index in [1.54, 1.807) is 0 Å². The van der Waals surface area contributed by atoms with Gasteiger partial charge in [-0.1, -0.05) is 17.7 Å². The van der Waals surface area contributed by atoms with Gasteiger partial charge in [0, 0.05) is 6.54 Å². The second kappa shape index (κ2) is 5.60. The second-order valence-corrected chi connectivity index (χ2v) is 5.34. The highest BCUT2D eigenvalue weighted by Crippen LogP contribution is 2.22. The van der Waals surface area contributed by atoms with Crippen LogP contribution < -0.4 is 4.74 Å². The Kier molecular flexibility index (Phi) is 3.64. The lowest BCUT2D eigenvalue weighted by atomic mass is 10.1. The van der Waals surface area contributed by atoms with Crippen LogP contribution in [0.15, 0.2) is 24.3 Å². The maximum atomic E-state index is 11.3. The van der Waals surface area contributed by atoms with Gasteiger partial charge in [-0.15, -0.1) is 0 Å². The normalized spacial score (nSPS) is 13.8. The molecule has 0 aliphatic carbocycles. The SMILES string of the molecule is Cc1ccc(OCc2nc(C(=O)O)c3n2CCCC3)cc1. The highest BCUT2D eigenvalue weighted by molar-refractivity contribution is 5.86. The van der Waals surface area contributed by atoms with E-state index in [9.17, 15) is 9.90 Å². The average Bonchev–Trinajstić information content (AvgIpc) is 2.86. The number of benzene rings is 1. The predicted molar refractivity (Wildman–Crippen MR) is 77.6 cm³/mol. The van der Waals surface area contributed by atoms with Crippen molar-refractivity contribution in [3.05, 3.63) is 47.0 Å². The molecular weight excluding hydrogens is 268 g/mol. The molecular formula is C16H18N2O3. The Bertz CT molecular complexity index is 659. The maximum absolute atomic E-state index is 11.3. The predicted octanol–water partition coefficient (Wildman–Crippen LogP) is 2.81. The number of hydrogen-bond acceptors (Lipinski definition) is 3. The van der Waals surface area contributed by atoms with Crippen molar-refractivity contribution in [3.63, 3.8) is 0 Å². The van der Waals surface area contributed by atoms with Crippen LogP contribution in [0, 0.1) is 6.92 Å². The summed E-state index contributed by atoms with van der Waals surface area (Å²) in [4.78, 5) is 15.5. The van der Waals surface area contributed by atoms with E-state index in [1.165, 1.54) is 5.56 Å². The number of rotatable bonds is 4. The van der Waals surface area contributed by atoms with E-state index in [4.69, 9.17) is 4.74 Å². The molecule has 5 nitrogen and oxygen atoms in total. The second-order valence-electron chi connectivity index (χ2n) is 5.34. The Morgan fingerprint density at radius 1 is 1.33 bits per heavy atom. The minimum absolute atomic E-state index is 0.178. The van der Waals surface area contributed by atoms with E-state index in [2.05, 4.69) is 4.98 Å². The van der Waals surface area contributed by atoms with Crippen LogP contribution in [0.3, 0.4) is 0 Å². The van der Waals surface area contributed by atoms with Crippen molar-refractivity contribution in [1.29, 1.82) is 0 Å². The van der Waals surface area contributed by atoms with Crippen molar-refractivity contribution in [3.8, 4) is 5.75 Å². The highest BCUT2D eigenvalue weighted by atomic mass is 16.5. The Labute approximate surface area is 123 Å². The zero-order valence-corrected chi connectivity index (χ0v) is 12.0. The molecule has 0 saturated carbocycles. The van der Waals surface area contributed by atoms with Crippen LogP contribution in [0.1, 0.15) is 40.4 Å². The standard InChI is InChI=1S/C16H18N2O3/c1-11-5-7-12(8-6-11)21-10-14-17-15(16(19)20)13-4-2-3-9-18(13)14/h5-8H,2-4,9-10H2,1H3,(H,19,20). The number of aryl methyl sites for hydroxylation is 1. The van der Waals surface area contributed by atoms with E-state index < -0.39 is 5.97 Å². The first-order valence-electron chi connectivity index (χ1n) is 7.16. The summed E-state index contributed by atoms with van der Waals surface area (Å²) in [6.45, 7) is 3.14. The van der Waals surface area contributed by atoms with Crippen LogP contribution in [0.2, 0.25) is 0 Å². The number of carbonyl (C=O) groups is 1. The summed E-state index contributed by atoms with van der Waals surface area (Å²) < 4.78 is 7.73. The molecule has 0 bridgehead atoms. The van der Waals surface area contributed by atoms with E-state index in [0.717, 1.165) is 37.3 Å². The Morgan fingerprint density at radius 2 is 2.10 bits per heavy atom. The number of aromatic carboxylic acids is 1. The lowest BCUT2D eigenvalue weighted by molar-refractivity contribution is 0.0689. The molecule has 1 aliphatic heterocycles. The smallest absolute Gasteiger partial charge is 0.356 e. The molecule has 110 valence electrons. The molecule has 1 aromatic carbocycles. The van der Waals surface area contributed by atoms with Gasteiger partial charge in [-0.25, -0.2) is 9.78 Å². The van der Waals surface area contributed by atoms with E-state index in [-0.39, 0.29) is 5.69 Å². The van der Waals surface area contributed by atoms with Crippen molar-refractivity contribution in [1.82, 2.24) is 9.55 Å². The fraction of sp³-hybridized carbons (Fsp3) is 0.375. The molecule has 21 heavy (non-hydrogen) atoms. The minimum Gasteiger partial charge on any atom is -0.486 e. The maximum Gasteiger partial charge on any atom is 0.356 e. The molecule has 1 N–H and O–H groups in total. The fourth-order valence-corrected chi connectivity index (χ4v) is 2.68. The number of fused-ring (bicyclic) bond motifs is 1. The van der Waals surface area contributed by atoms with E-state index >= 15 is 0 Å². The third-order valence-corrected chi connectivity index (χ3v) is 3.79. The zero-order valence-electron chi connectivity index (χ0n) is 12.0. The Morgan fingerprint density at radius 3 is 2.81 bits per heavy atom. The van der Waals surface area contributed by atoms with Crippen molar-refractivity contribution in [2.24, 2.45) is 0 Å². The van der Waals surface area contributed by atoms with Gasteiger partial charge in [0.25, 0.3) is 0 Å². The van der Waals surface area contributed by atoms with Gasteiger partial charge >= 0.3 is 5.97 Å². The molecule has 0 saturated heterocycles. The third-order valence-electron chi connectivity index (χ3n) is 3.79. The number of nitrogens with zero attached hydrogens (tertiary/aromatic N) is 2. The van der Waals surface area contributed by atoms with Gasteiger partial charge in [-0.05, 0) is 38.3 Å². The van der Waals surface area contributed by atoms with Crippen LogP contribution in [0.25, 0.3) is 0 Å². The molecule has 0 atom stereocenters. The monoisotopic (exact) mass is 286 g/mol. The molecule has 5 heteroatoms. The van der Waals surface area contributed by atoms with Gasteiger partial charge in [0.1, 0.15) is 18.2 Å². The average molecular weight is 286 g/mol.